The van der Waals surface area contributed by atoms with Gasteiger partial charge in [0.25, 0.3) is 0 Å². The van der Waals surface area contributed by atoms with Gasteiger partial charge in [-0.3, -0.25) is 0 Å². The fourth-order valence-electron chi connectivity index (χ4n) is 2.03. The Bertz CT molecular complexity index is 369. The zero-order valence-electron chi connectivity index (χ0n) is 11.1. The van der Waals surface area contributed by atoms with E-state index >= 15 is 0 Å². The Morgan fingerprint density at radius 1 is 1.28 bits per heavy atom. The molecule has 102 valence electrons. The van der Waals surface area contributed by atoms with Gasteiger partial charge >= 0.3 is 0 Å². The molecule has 2 N–H and O–H groups in total. The van der Waals surface area contributed by atoms with E-state index in [2.05, 4.69) is 0 Å². The van der Waals surface area contributed by atoms with E-state index in [1.165, 1.54) is 6.07 Å². The summed E-state index contributed by atoms with van der Waals surface area (Å²) in [5, 5.41) is 18.3. The quantitative estimate of drug-likeness (QED) is 0.736. The van der Waals surface area contributed by atoms with Crippen LogP contribution in [0.5, 0.6) is 0 Å². The normalized spacial score (nSPS) is 12.5. The van der Waals surface area contributed by atoms with Crippen molar-refractivity contribution in [3.8, 4) is 0 Å². The highest BCUT2D eigenvalue weighted by Crippen LogP contribution is 2.28. The number of aliphatic hydroxyl groups excluding tert-OH is 2. The van der Waals surface area contributed by atoms with Gasteiger partial charge in [-0.25, -0.2) is 4.39 Å². The van der Waals surface area contributed by atoms with Gasteiger partial charge in [0.2, 0.25) is 0 Å². The third-order valence-electron chi connectivity index (χ3n) is 3.01. The summed E-state index contributed by atoms with van der Waals surface area (Å²) in [4.78, 5) is 1.95. The fourth-order valence-corrected chi connectivity index (χ4v) is 2.03. The Hall–Kier alpha value is -1.13. The molecule has 0 unspecified atom stereocenters. The van der Waals surface area contributed by atoms with Crippen LogP contribution in [0.3, 0.4) is 0 Å². The van der Waals surface area contributed by atoms with Crippen molar-refractivity contribution in [1.29, 1.82) is 0 Å². The van der Waals surface area contributed by atoms with E-state index in [4.69, 9.17) is 5.11 Å². The van der Waals surface area contributed by atoms with Crippen LogP contribution in [0.2, 0.25) is 0 Å². The van der Waals surface area contributed by atoms with Gasteiger partial charge in [0.15, 0.2) is 0 Å². The second-order valence-corrected chi connectivity index (χ2v) is 4.55. The van der Waals surface area contributed by atoms with Crippen LogP contribution in [0.25, 0.3) is 0 Å². The lowest BCUT2D eigenvalue weighted by molar-refractivity contribution is 0.194. The van der Waals surface area contributed by atoms with Gasteiger partial charge in [-0.2, -0.15) is 0 Å². The molecule has 3 nitrogen and oxygen atoms in total. The molecular weight excluding hydrogens is 233 g/mol. The molecule has 0 heterocycles. The van der Waals surface area contributed by atoms with E-state index in [9.17, 15) is 9.50 Å². The molecule has 1 aromatic carbocycles. The maximum Gasteiger partial charge on any atom is 0.131 e. The van der Waals surface area contributed by atoms with E-state index in [-0.39, 0.29) is 12.4 Å². The zero-order valence-corrected chi connectivity index (χ0v) is 11.1. The van der Waals surface area contributed by atoms with Gasteiger partial charge in [0, 0.05) is 31.5 Å². The summed E-state index contributed by atoms with van der Waals surface area (Å²) in [6, 6.07) is 4.84. The maximum atomic E-state index is 13.7. The van der Waals surface area contributed by atoms with E-state index < -0.39 is 6.10 Å². The van der Waals surface area contributed by atoms with Crippen molar-refractivity contribution in [2.45, 2.75) is 32.3 Å². The van der Waals surface area contributed by atoms with Crippen LogP contribution >= 0.6 is 0 Å². The number of benzene rings is 1. The average molecular weight is 255 g/mol. The van der Waals surface area contributed by atoms with Gasteiger partial charge in [-0.05, 0) is 38.3 Å². The molecule has 4 heteroatoms. The van der Waals surface area contributed by atoms with Crippen LogP contribution in [0.15, 0.2) is 18.2 Å². The van der Waals surface area contributed by atoms with E-state index in [1.807, 2.05) is 18.0 Å². The fraction of sp³-hybridized carbons (Fsp3) is 0.571. The van der Waals surface area contributed by atoms with E-state index in [0.29, 0.717) is 5.56 Å². The van der Waals surface area contributed by atoms with Gasteiger partial charge in [0.1, 0.15) is 5.82 Å². The molecule has 0 saturated carbocycles. The van der Waals surface area contributed by atoms with Crippen molar-refractivity contribution in [3.05, 3.63) is 29.6 Å². The minimum atomic E-state index is -0.818. The van der Waals surface area contributed by atoms with Crippen LogP contribution in [0.4, 0.5) is 10.1 Å². The molecule has 0 aliphatic carbocycles. The first kappa shape index (κ1) is 14.9. The van der Waals surface area contributed by atoms with Gasteiger partial charge in [0.05, 0.1) is 6.10 Å². The van der Waals surface area contributed by atoms with Crippen LogP contribution < -0.4 is 4.90 Å². The van der Waals surface area contributed by atoms with Crippen molar-refractivity contribution in [1.82, 2.24) is 0 Å². The van der Waals surface area contributed by atoms with Gasteiger partial charge in [-0.1, -0.05) is 6.07 Å². The second-order valence-electron chi connectivity index (χ2n) is 4.55. The number of unbranched alkanes of at least 4 members (excludes halogenated alkanes) is 2. The van der Waals surface area contributed by atoms with Crippen molar-refractivity contribution >= 4 is 5.69 Å². The van der Waals surface area contributed by atoms with Gasteiger partial charge in [-0.15, -0.1) is 0 Å². The van der Waals surface area contributed by atoms with Crippen molar-refractivity contribution in [3.63, 3.8) is 0 Å². The highest BCUT2D eigenvalue weighted by atomic mass is 19.1. The Morgan fingerprint density at radius 2 is 2.00 bits per heavy atom. The molecule has 0 amide bonds. The minimum Gasteiger partial charge on any atom is -0.396 e. The number of hydrogen-bond acceptors (Lipinski definition) is 3. The predicted octanol–water partition coefficient (Wildman–Crippen LogP) is 2.48. The largest absolute Gasteiger partial charge is 0.396 e. The summed E-state index contributed by atoms with van der Waals surface area (Å²) in [5.41, 5.74) is 1.08. The van der Waals surface area contributed by atoms with Gasteiger partial charge < -0.3 is 15.1 Å². The summed E-state index contributed by atoms with van der Waals surface area (Å²) >= 11 is 0. The van der Waals surface area contributed by atoms with Crippen LogP contribution in [-0.2, 0) is 0 Å². The molecule has 0 aliphatic rings. The molecule has 0 aliphatic heterocycles. The standard InChI is InChI=1S/C14H22FNO2/c1-11(18)14-12(15)7-6-8-13(14)16(2)9-4-3-5-10-17/h6-8,11,17-18H,3-5,9-10H2,1-2H3/t11-/m1/s1. The Kier molecular flexibility index (Phi) is 6.09. The van der Waals surface area contributed by atoms with E-state index in [1.54, 1.807) is 13.0 Å². The number of halogens is 1. The smallest absolute Gasteiger partial charge is 0.131 e. The zero-order chi connectivity index (χ0) is 13.5. The molecule has 1 rings (SSSR count). The molecule has 18 heavy (non-hydrogen) atoms. The lowest BCUT2D eigenvalue weighted by atomic mass is 10.1. The van der Waals surface area contributed by atoms with Crippen molar-refractivity contribution in [2.75, 3.05) is 25.1 Å². The van der Waals surface area contributed by atoms with Crippen LogP contribution in [-0.4, -0.2) is 30.4 Å². The third-order valence-corrected chi connectivity index (χ3v) is 3.01. The van der Waals surface area contributed by atoms with Crippen molar-refractivity contribution in [2.24, 2.45) is 0 Å². The monoisotopic (exact) mass is 255 g/mol. The Balaban J connectivity index is 2.72. The molecule has 1 atom stereocenters. The number of rotatable bonds is 7. The SMILES string of the molecule is C[C@@H](O)c1c(F)cccc1N(C)CCCCCO. The first-order valence-electron chi connectivity index (χ1n) is 6.36. The molecule has 0 bridgehead atoms. The second kappa shape index (κ2) is 7.34. The first-order chi connectivity index (χ1) is 8.57. The predicted molar refractivity (Wildman–Crippen MR) is 71.2 cm³/mol. The summed E-state index contributed by atoms with van der Waals surface area (Å²) in [6.07, 6.45) is 1.86. The number of anilines is 1. The summed E-state index contributed by atoms with van der Waals surface area (Å²) in [7, 11) is 1.89. The number of hydrogen-bond donors (Lipinski definition) is 2. The maximum absolute atomic E-state index is 13.7. The minimum absolute atomic E-state index is 0.211. The van der Waals surface area contributed by atoms with E-state index in [0.717, 1.165) is 31.5 Å². The molecular formula is C14H22FNO2. The topological polar surface area (TPSA) is 43.7 Å². The molecule has 0 radical (unpaired) electrons. The highest BCUT2D eigenvalue weighted by molar-refractivity contribution is 5.54. The molecule has 1 aromatic rings. The van der Waals surface area contributed by atoms with Crippen LogP contribution in [0.1, 0.15) is 37.9 Å². The lowest BCUT2D eigenvalue weighted by Gasteiger charge is -2.24. The summed E-state index contributed by atoms with van der Waals surface area (Å²) in [5.74, 6) is -0.371. The first-order valence-corrected chi connectivity index (χ1v) is 6.36. The van der Waals surface area contributed by atoms with Crippen LogP contribution in [0, 0.1) is 5.82 Å². The molecule has 0 fully saturated rings. The third kappa shape index (κ3) is 3.96. The van der Waals surface area contributed by atoms with Crippen molar-refractivity contribution < 1.29 is 14.6 Å². The Labute approximate surface area is 108 Å². The highest BCUT2D eigenvalue weighted by Gasteiger charge is 2.15. The molecule has 0 spiro atoms. The lowest BCUT2D eigenvalue weighted by Crippen LogP contribution is -2.21. The number of aliphatic hydroxyl groups is 2. The summed E-state index contributed by atoms with van der Waals surface area (Å²) in [6.45, 7) is 2.56. The summed E-state index contributed by atoms with van der Waals surface area (Å²) < 4.78 is 13.7. The molecule has 0 saturated heterocycles. The number of nitrogens with zero attached hydrogens (tertiary/aromatic N) is 1. The Morgan fingerprint density at radius 3 is 2.61 bits per heavy atom. The average Bonchev–Trinajstić information content (AvgIpc) is 2.33. The molecule has 0 aromatic heterocycles.